The van der Waals surface area contributed by atoms with Gasteiger partial charge in [-0.1, -0.05) is 59.6 Å². The number of aromatic carboxylic acids is 1. The third kappa shape index (κ3) is 3.38. The topological polar surface area (TPSA) is 59.3 Å². The fourth-order valence-corrected chi connectivity index (χ4v) is 3.61. The van der Waals surface area contributed by atoms with Crippen LogP contribution in [0.2, 0.25) is 10.0 Å². The van der Waals surface area contributed by atoms with E-state index in [0.717, 1.165) is 0 Å². The lowest BCUT2D eigenvalue weighted by Crippen LogP contribution is -2.25. The number of rotatable bonds is 4. The normalized spacial score (nSPS) is 10.8. The molecule has 0 radical (unpaired) electrons. The first kappa shape index (κ1) is 19.2. The molecule has 0 bridgehead atoms. The molecule has 0 fully saturated rings. The fraction of sp³-hybridized carbons (Fsp3) is 0.143. The largest absolute Gasteiger partial charge is 0.477 e. The summed E-state index contributed by atoms with van der Waals surface area (Å²) in [6.07, 6.45) is 0. The highest BCUT2D eigenvalue weighted by Crippen LogP contribution is 2.32. The summed E-state index contributed by atoms with van der Waals surface area (Å²) in [7, 11) is 0. The average molecular weight is 402 g/mol. The van der Waals surface area contributed by atoms with E-state index in [0.29, 0.717) is 44.7 Å². The molecule has 1 N–H and O–H groups in total. The van der Waals surface area contributed by atoms with Crippen LogP contribution >= 0.6 is 23.2 Å². The number of carbonyl (C=O) groups is 1. The lowest BCUT2D eigenvalue weighted by Gasteiger charge is -2.21. The molecule has 3 aromatic rings. The molecule has 0 unspecified atom stereocenters. The molecule has 4 nitrogen and oxygen atoms in total. The molecule has 0 saturated heterocycles. The lowest BCUT2D eigenvalue weighted by molar-refractivity contribution is 0.0695. The van der Waals surface area contributed by atoms with Crippen molar-refractivity contribution in [3.63, 3.8) is 0 Å². The van der Waals surface area contributed by atoms with Crippen LogP contribution in [-0.4, -0.2) is 15.6 Å². The zero-order valence-electron chi connectivity index (χ0n) is 14.8. The summed E-state index contributed by atoms with van der Waals surface area (Å²) in [6, 6.07) is 13.9. The predicted octanol–water partition coefficient (Wildman–Crippen LogP) is 5.52. The van der Waals surface area contributed by atoms with Crippen molar-refractivity contribution in [1.29, 1.82) is 0 Å². The van der Waals surface area contributed by atoms with Crippen LogP contribution in [-0.2, 0) is 6.54 Å². The molecule has 0 saturated carbocycles. The summed E-state index contributed by atoms with van der Waals surface area (Å²) in [5.74, 6) is -1.28. The molecule has 0 spiro atoms. The van der Waals surface area contributed by atoms with Crippen molar-refractivity contribution in [3.8, 4) is 22.4 Å². The van der Waals surface area contributed by atoms with Crippen molar-refractivity contribution in [2.24, 2.45) is 0 Å². The summed E-state index contributed by atoms with van der Waals surface area (Å²) in [5, 5.41) is 10.5. The first-order chi connectivity index (χ1) is 12.9. The molecule has 1 heterocycles. The molecule has 6 heteroatoms. The molecular formula is C21H17Cl2NO3. The Morgan fingerprint density at radius 1 is 1.04 bits per heavy atom. The molecule has 0 aliphatic carbocycles. The molecule has 0 aliphatic heterocycles. The van der Waals surface area contributed by atoms with Gasteiger partial charge in [-0.3, -0.25) is 4.79 Å². The molecule has 138 valence electrons. The number of pyridine rings is 1. The Morgan fingerprint density at radius 2 is 1.70 bits per heavy atom. The number of carboxylic acids is 1. The number of nitrogens with zero attached hydrogens (tertiary/aromatic N) is 1. The Bertz CT molecular complexity index is 1090. The van der Waals surface area contributed by atoms with Gasteiger partial charge >= 0.3 is 5.97 Å². The van der Waals surface area contributed by atoms with Crippen molar-refractivity contribution in [2.75, 3.05) is 0 Å². The second-order valence-corrected chi connectivity index (χ2v) is 6.87. The Labute approximate surface area is 166 Å². The zero-order valence-corrected chi connectivity index (χ0v) is 16.3. The summed E-state index contributed by atoms with van der Waals surface area (Å²) >= 11 is 12.1. The number of carboxylic acid groups (broad SMARTS) is 1. The molecular weight excluding hydrogens is 385 g/mol. The number of hydrogen-bond acceptors (Lipinski definition) is 2. The van der Waals surface area contributed by atoms with Crippen molar-refractivity contribution >= 4 is 29.2 Å². The molecule has 0 amide bonds. The SMILES string of the molecule is CCn1c(C)c(-c2ccccc2)c(=O)c(C(=O)O)c1-c1ccc(Cl)c(Cl)c1. The minimum atomic E-state index is -1.28. The number of benzene rings is 2. The number of halogens is 2. The average Bonchev–Trinajstić information content (AvgIpc) is 2.64. The van der Waals surface area contributed by atoms with Crippen LogP contribution < -0.4 is 5.43 Å². The van der Waals surface area contributed by atoms with Crippen molar-refractivity contribution in [2.45, 2.75) is 20.4 Å². The summed E-state index contributed by atoms with van der Waals surface area (Å²) in [6.45, 7) is 4.21. The maximum Gasteiger partial charge on any atom is 0.341 e. The van der Waals surface area contributed by atoms with E-state index in [9.17, 15) is 14.7 Å². The maximum atomic E-state index is 13.2. The van der Waals surface area contributed by atoms with E-state index in [1.807, 2.05) is 36.6 Å². The minimum Gasteiger partial charge on any atom is -0.477 e. The van der Waals surface area contributed by atoms with Gasteiger partial charge in [0.05, 0.1) is 15.7 Å². The zero-order chi connectivity index (χ0) is 19.7. The van der Waals surface area contributed by atoms with E-state index in [1.54, 1.807) is 30.3 Å². The second-order valence-electron chi connectivity index (χ2n) is 6.06. The highest BCUT2D eigenvalue weighted by molar-refractivity contribution is 6.42. The van der Waals surface area contributed by atoms with E-state index in [1.165, 1.54) is 0 Å². The Kier molecular flexibility index (Phi) is 5.40. The summed E-state index contributed by atoms with van der Waals surface area (Å²) < 4.78 is 1.83. The van der Waals surface area contributed by atoms with Gasteiger partial charge in [-0.15, -0.1) is 0 Å². The molecule has 1 aromatic heterocycles. The van der Waals surface area contributed by atoms with Crippen LogP contribution in [0.15, 0.2) is 53.3 Å². The maximum absolute atomic E-state index is 13.2. The Morgan fingerprint density at radius 3 is 2.26 bits per heavy atom. The van der Waals surface area contributed by atoms with E-state index >= 15 is 0 Å². The molecule has 3 rings (SSSR count). The molecule has 27 heavy (non-hydrogen) atoms. The van der Waals surface area contributed by atoms with Crippen LogP contribution in [0.5, 0.6) is 0 Å². The number of aromatic nitrogens is 1. The minimum absolute atomic E-state index is 0.278. The van der Waals surface area contributed by atoms with E-state index in [4.69, 9.17) is 23.2 Å². The van der Waals surface area contributed by atoms with Crippen LogP contribution in [0.4, 0.5) is 0 Å². The van der Waals surface area contributed by atoms with Crippen molar-refractivity contribution in [1.82, 2.24) is 4.57 Å². The van der Waals surface area contributed by atoms with Crippen LogP contribution in [0.1, 0.15) is 23.0 Å². The quantitative estimate of drug-likeness (QED) is 0.626. The first-order valence-corrected chi connectivity index (χ1v) is 9.14. The van der Waals surface area contributed by atoms with Crippen LogP contribution in [0, 0.1) is 6.92 Å². The van der Waals surface area contributed by atoms with Gasteiger partial charge in [0, 0.05) is 23.4 Å². The Hall–Kier alpha value is -2.56. The van der Waals surface area contributed by atoms with E-state index in [2.05, 4.69) is 0 Å². The van der Waals surface area contributed by atoms with Gasteiger partial charge in [0.1, 0.15) is 5.56 Å². The Balaban J connectivity index is 2.46. The molecule has 0 atom stereocenters. The predicted molar refractivity (Wildman–Crippen MR) is 109 cm³/mol. The van der Waals surface area contributed by atoms with Gasteiger partial charge in [-0.25, -0.2) is 4.79 Å². The lowest BCUT2D eigenvalue weighted by atomic mass is 9.96. The summed E-state index contributed by atoms with van der Waals surface area (Å²) in [4.78, 5) is 25.3. The second kappa shape index (κ2) is 7.59. The first-order valence-electron chi connectivity index (χ1n) is 8.38. The standard InChI is InChI=1S/C21H17Cl2NO3/c1-3-24-12(2)17(13-7-5-4-6-8-13)20(25)18(21(26)27)19(24)14-9-10-15(22)16(23)11-14/h4-11H,3H2,1-2H3,(H,26,27). The highest BCUT2D eigenvalue weighted by atomic mass is 35.5. The van der Waals surface area contributed by atoms with Gasteiger partial charge in [0.2, 0.25) is 5.43 Å². The molecule has 0 aliphatic rings. The van der Waals surface area contributed by atoms with E-state index < -0.39 is 11.4 Å². The van der Waals surface area contributed by atoms with Gasteiger partial charge in [-0.2, -0.15) is 0 Å². The molecule has 2 aromatic carbocycles. The smallest absolute Gasteiger partial charge is 0.341 e. The van der Waals surface area contributed by atoms with Crippen molar-refractivity contribution < 1.29 is 9.90 Å². The summed E-state index contributed by atoms with van der Waals surface area (Å²) in [5.41, 5.74) is 1.83. The van der Waals surface area contributed by atoms with Crippen LogP contribution in [0.25, 0.3) is 22.4 Å². The third-order valence-electron chi connectivity index (χ3n) is 4.51. The monoisotopic (exact) mass is 401 g/mol. The van der Waals surface area contributed by atoms with Crippen molar-refractivity contribution in [3.05, 3.63) is 80.1 Å². The van der Waals surface area contributed by atoms with E-state index in [-0.39, 0.29) is 5.56 Å². The van der Waals surface area contributed by atoms with Gasteiger partial charge in [0.25, 0.3) is 0 Å². The fourth-order valence-electron chi connectivity index (χ4n) is 3.32. The van der Waals surface area contributed by atoms with Gasteiger partial charge < -0.3 is 9.67 Å². The number of hydrogen-bond donors (Lipinski definition) is 1. The van der Waals surface area contributed by atoms with Gasteiger partial charge in [-0.05, 0) is 31.5 Å². The highest BCUT2D eigenvalue weighted by Gasteiger charge is 2.25. The third-order valence-corrected chi connectivity index (χ3v) is 5.25. The van der Waals surface area contributed by atoms with Crippen LogP contribution in [0.3, 0.4) is 0 Å². The van der Waals surface area contributed by atoms with Gasteiger partial charge in [0.15, 0.2) is 0 Å².